The van der Waals surface area contributed by atoms with Crippen LogP contribution in [0.25, 0.3) is 5.57 Å². The molecule has 3 aromatic rings. The Hall–Kier alpha value is -4.71. The molecule has 34 heavy (non-hydrogen) atoms. The Morgan fingerprint density at radius 2 is 2.00 bits per heavy atom. The number of hydrogen-bond acceptors (Lipinski definition) is 7. The smallest absolute Gasteiger partial charge is 0.309 e. The minimum absolute atomic E-state index is 0.0240. The van der Waals surface area contributed by atoms with Gasteiger partial charge >= 0.3 is 5.91 Å². The third-order valence-corrected chi connectivity index (χ3v) is 5.64. The number of amides is 1. The molecule has 0 radical (unpaired) electrons. The zero-order chi connectivity index (χ0) is 23.7. The lowest BCUT2D eigenvalue weighted by molar-refractivity contribution is -0.119. The van der Waals surface area contributed by atoms with Gasteiger partial charge in [0.25, 0.3) is 0 Å². The highest BCUT2D eigenvalue weighted by molar-refractivity contribution is 6.05. The molecule has 9 nitrogen and oxygen atoms in total. The van der Waals surface area contributed by atoms with Crippen molar-refractivity contribution in [2.75, 3.05) is 6.73 Å². The van der Waals surface area contributed by atoms with Crippen molar-refractivity contribution in [3.05, 3.63) is 100 Å². The normalized spacial score (nSPS) is 17.1. The van der Waals surface area contributed by atoms with Crippen molar-refractivity contribution in [3.63, 3.8) is 0 Å². The maximum atomic E-state index is 13.0. The Morgan fingerprint density at radius 1 is 1.24 bits per heavy atom. The number of hydrogen-bond donors (Lipinski definition) is 2. The van der Waals surface area contributed by atoms with E-state index in [0.717, 1.165) is 16.7 Å². The first-order chi connectivity index (χ1) is 16.5. The highest BCUT2D eigenvalue weighted by Crippen LogP contribution is 2.38. The van der Waals surface area contributed by atoms with E-state index in [0.29, 0.717) is 23.6 Å². The maximum Gasteiger partial charge on any atom is 0.309 e. The van der Waals surface area contributed by atoms with Crippen molar-refractivity contribution in [1.82, 2.24) is 25.6 Å². The van der Waals surface area contributed by atoms with Crippen molar-refractivity contribution in [2.24, 2.45) is 5.92 Å². The summed E-state index contributed by atoms with van der Waals surface area (Å²) in [6.07, 6.45) is 2.34. The molecule has 5 rings (SSSR count). The maximum absolute atomic E-state index is 13.0. The number of hydrazine groups is 1. The number of H-pyrrole nitrogens is 1. The molecule has 9 heteroatoms. The largest absolute Gasteiger partial charge is 0.468 e. The first-order valence-electron chi connectivity index (χ1n) is 10.7. The Labute approximate surface area is 195 Å². The summed E-state index contributed by atoms with van der Waals surface area (Å²) >= 11 is 0. The minimum atomic E-state index is -0.553. The highest BCUT2D eigenvalue weighted by Gasteiger charge is 2.38. The summed E-state index contributed by atoms with van der Waals surface area (Å²) in [5, 5.41) is 17.2. The molecule has 0 bridgehead atoms. The Morgan fingerprint density at radius 3 is 2.74 bits per heavy atom. The summed E-state index contributed by atoms with van der Waals surface area (Å²) < 4.78 is 5.82. The van der Waals surface area contributed by atoms with Gasteiger partial charge in [0.15, 0.2) is 18.3 Å². The highest BCUT2D eigenvalue weighted by atomic mass is 16.5. The lowest BCUT2D eigenvalue weighted by Crippen LogP contribution is -2.43. The predicted octanol–water partition coefficient (Wildman–Crippen LogP) is 2.72. The van der Waals surface area contributed by atoms with Gasteiger partial charge in [-0.1, -0.05) is 55.5 Å². The summed E-state index contributed by atoms with van der Waals surface area (Å²) in [6, 6.07) is 18.9. The van der Waals surface area contributed by atoms with Crippen LogP contribution < -0.4 is 5.43 Å². The Balaban J connectivity index is 1.35. The van der Waals surface area contributed by atoms with Crippen LogP contribution in [0.15, 0.2) is 72.1 Å². The standard InChI is InChI=1S/C25H20N6O3/c1-15-11-19(18-9-7-17(13-26)8-10-18)23-21(22(15)32)31(14-34-23)30-25(33)24-27-20(28-29-24)12-16-5-3-2-4-6-16/h2-11,15H,12,14H2,1H3,(H,30,33)(H,27,28,29)/t15-/m0/s1. The van der Waals surface area contributed by atoms with Crippen LogP contribution in [-0.2, 0) is 16.0 Å². The van der Waals surface area contributed by atoms with Crippen LogP contribution in [0.5, 0.6) is 0 Å². The van der Waals surface area contributed by atoms with Gasteiger partial charge in [0.1, 0.15) is 11.5 Å². The molecule has 2 aromatic carbocycles. The summed E-state index contributed by atoms with van der Waals surface area (Å²) in [4.78, 5) is 30.1. The molecule has 1 amide bonds. The monoisotopic (exact) mass is 452 g/mol. The van der Waals surface area contributed by atoms with Crippen LogP contribution in [0.4, 0.5) is 0 Å². The van der Waals surface area contributed by atoms with Crippen LogP contribution in [0.3, 0.4) is 0 Å². The molecule has 1 atom stereocenters. The van der Waals surface area contributed by atoms with E-state index in [1.807, 2.05) is 48.5 Å². The Kier molecular flexibility index (Phi) is 5.40. The minimum Gasteiger partial charge on any atom is -0.468 e. The number of ether oxygens (including phenoxy) is 1. The molecule has 168 valence electrons. The summed E-state index contributed by atoms with van der Waals surface area (Å²) in [6.45, 7) is 1.77. The van der Waals surface area contributed by atoms with Crippen molar-refractivity contribution in [3.8, 4) is 6.07 Å². The third kappa shape index (κ3) is 3.93. The number of benzene rings is 2. The van der Waals surface area contributed by atoms with Crippen LogP contribution in [0, 0.1) is 17.2 Å². The number of ketones is 1. The number of allylic oxidation sites excluding steroid dienone is 3. The number of aromatic amines is 1. The van der Waals surface area contributed by atoms with Crippen LogP contribution in [-0.4, -0.2) is 38.6 Å². The average molecular weight is 452 g/mol. The van der Waals surface area contributed by atoms with Gasteiger partial charge in [0.05, 0.1) is 11.6 Å². The first kappa shape index (κ1) is 21.2. The van der Waals surface area contributed by atoms with Gasteiger partial charge in [-0.2, -0.15) is 5.26 Å². The summed E-state index contributed by atoms with van der Waals surface area (Å²) in [5.74, 6) is -0.200. The van der Waals surface area contributed by atoms with Gasteiger partial charge in [0.2, 0.25) is 5.82 Å². The lowest BCUT2D eigenvalue weighted by Gasteiger charge is -2.23. The van der Waals surface area contributed by atoms with E-state index in [-0.39, 0.29) is 24.0 Å². The molecular weight excluding hydrogens is 432 g/mol. The number of rotatable bonds is 5. The quantitative estimate of drug-likeness (QED) is 0.610. The zero-order valence-corrected chi connectivity index (χ0v) is 18.3. The van der Waals surface area contributed by atoms with Crippen molar-refractivity contribution >= 4 is 17.3 Å². The van der Waals surface area contributed by atoms with E-state index in [9.17, 15) is 9.59 Å². The number of aromatic nitrogens is 3. The molecule has 0 unspecified atom stereocenters. The SMILES string of the molecule is C[C@H]1C=C(c2ccc(C#N)cc2)C2=C(C1=O)N(NC(=O)c1n[nH]c(Cc3ccccc3)n1)CO2. The van der Waals surface area contributed by atoms with Crippen molar-refractivity contribution in [2.45, 2.75) is 13.3 Å². The second-order valence-electron chi connectivity index (χ2n) is 8.01. The Bertz CT molecular complexity index is 1370. The molecule has 1 aliphatic heterocycles. The third-order valence-electron chi connectivity index (χ3n) is 5.64. The molecule has 2 aliphatic rings. The van der Waals surface area contributed by atoms with E-state index in [2.05, 4.69) is 26.7 Å². The van der Waals surface area contributed by atoms with E-state index in [1.165, 1.54) is 5.01 Å². The average Bonchev–Trinajstić information content (AvgIpc) is 3.50. The number of carbonyl (C=O) groups excluding carboxylic acids is 2. The van der Waals surface area contributed by atoms with Crippen LogP contribution in [0.1, 0.15) is 40.1 Å². The van der Waals surface area contributed by atoms with Crippen LogP contribution >= 0.6 is 0 Å². The van der Waals surface area contributed by atoms with E-state index < -0.39 is 11.8 Å². The van der Waals surface area contributed by atoms with Gasteiger partial charge in [-0.3, -0.25) is 20.1 Å². The number of nitrogens with zero attached hydrogens (tertiary/aromatic N) is 4. The van der Waals surface area contributed by atoms with Crippen molar-refractivity contribution in [1.29, 1.82) is 5.26 Å². The van der Waals surface area contributed by atoms with E-state index >= 15 is 0 Å². The van der Waals surface area contributed by atoms with Crippen molar-refractivity contribution < 1.29 is 14.3 Å². The molecule has 0 spiro atoms. The molecule has 2 N–H and O–H groups in total. The molecule has 0 saturated heterocycles. The fourth-order valence-corrected chi connectivity index (χ4v) is 3.93. The van der Waals surface area contributed by atoms with Crippen LogP contribution in [0.2, 0.25) is 0 Å². The van der Waals surface area contributed by atoms with Gasteiger partial charge in [0, 0.05) is 17.9 Å². The fraction of sp³-hybridized carbons (Fsp3) is 0.160. The molecule has 1 aliphatic carbocycles. The summed E-state index contributed by atoms with van der Waals surface area (Å²) in [7, 11) is 0. The summed E-state index contributed by atoms with van der Waals surface area (Å²) in [5.41, 5.74) is 6.11. The number of carbonyl (C=O) groups is 2. The first-order valence-corrected chi connectivity index (χ1v) is 10.7. The molecule has 0 saturated carbocycles. The number of nitriles is 1. The number of nitrogens with one attached hydrogen (secondary N) is 2. The van der Waals surface area contributed by atoms with Gasteiger partial charge in [-0.25, -0.2) is 9.99 Å². The number of Topliss-reactive ketones (excluding diaryl/α,β-unsaturated/α-hetero) is 1. The predicted molar refractivity (Wildman–Crippen MR) is 121 cm³/mol. The molecule has 1 aromatic heterocycles. The second kappa shape index (κ2) is 8.67. The molecular formula is C25H20N6O3. The molecule has 2 heterocycles. The van der Waals surface area contributed by atoms with E-state index in [1.54, 1.807) is 19.1 Å². The topological polar surface area (TPSA) is 124 Å². The second-order valence-corrected chi connectivity index (χ2v) is 8.01. The zero-order valence-electron chi connectivity index (χ0n) is 18.3. The van der Waals surface area contributed by atoms with Gasteiger partial charge in [-0.05, 0) is 23.3 Å². The fourth-order valence-electron chi connectivity index (χ4n) is 3.93. The van der Waals surface area contributed by atoms with Gasteiger partial charge < -0.3 is 4.74 Å². The van der Waals surface area contributed by atoms with E-state index in [4.69, 9.17) is 10.00 Å². The molecule has 0 fully saturated rings. The van der Waals surface area contributed by atoms with Gasteiger partial charge in [-0.15, -0.1) is 5.10 Å². The lowest BCUT2D eigenvalue weighted by atomic mass is 9.89.